The number of carbonyl (C=O) groups is 1. The van der Waals surface area contributed by atoms with Gasteiger partial charge in [-0.2, -0.15) is 4.98 Å². The molecule has 7 heteroatoms. The summed E-state index contributed by atoms with van der Waals surface area (Å²) in [4.78, 5) is 16.3. The predicted octanol–water partition coefficient (Wildman–Crippen LogP) is 2.87. The van der Waals surface area contributed by atoms with Crippen LogP contribution in [0.2, 0.25) is 5.02 Å². The van der Waals surface area contributed by atoms with Gasteiger partial charge in [-0.25, -0.2) is 0 Å². The standard InChI is InChI=1S/C17H20ClN3O3/c18-14-3-1-2-12(10-14)4-5-15(22)19-11-16-20-17(21-24-16)13-6-8-23-9-7-13/h1-3,10,13H,4-9,11H2,(H,19,22). The topological polar surface area (TPSA) is 77.2 Å². The van der Waals surface area contributed by atoms with Gasteiger partial charge >= 0.3 is 0 Å². The highest BCUT2D eigenvalue weighted by Gasteiger charge is 2.21. The van der Waals surface area contributed by atoms with E-state index in [1.807, 2.05) is 24.3 Å². The summed E-state index contributed by atoms with van der Waals surface area (Å²) in [5.74, 6) is 1.38. The number of carbonyl (C=O) groups excluding carboxylic acids is 1. The van der Waals surface area contributed by atoms with Gasteiger partial charge in [0, 0.05) is 30.6 Å². The molecule has 1 aliphatic heterocycles. The van der Waals surface area contributed by atoms with Crippen molar-refractivity contribution in [2.45, 2.75) is 38.1 Å². The summed E-state index contributed by atoms with van der Waals surface area (Å²) < 4.78 is 10.5. The Morgan fingerprint density at radius 2 is 2.17 bits per heavy atom. The van der Waals surface area contributed by atoms with Crippen LogP contribution in [0.25, 0.3) is 0 Å². The molecular weight excluding hydrogens is 330 g/mol. The van der Waals surface area contributed by atoms with Crippen LogP contribution in [0.4, 0.5) is 0 Å². The molecule has 24 heavy (non-hydrogen) atoms. The maximum atomic E-state index is 11.9. The van der Waals surface area contributed by atoms with E-state index in [2.05, 4.69) is 15.5 Å². The van der Waals surface area contributed by atoms with E-state index in [1.54, 1.807) is 0 Å². The summed E-state index contributed by atoms with van der Waals surface area (Å²) in [6, 6.07) is 7.52. The van der Waals surface area contributed by atoms with Crippen LogP contribution in [-0.4, -0.2) is 29.3 Å². The Balaban J connectivity index is 1.43. The lowest BCUT2D eigenvalue weighted by Gasteiger charge is -2.18. The van der Waals surface area contributed by atoms with Gasteiger partial charge in [0.2, 0.25) is 11.8 Å². The molecule has 0 spiro atoms. The average Bonchev–Trinajstić information content (AvgIpc) is 3.08. The molecular formula is C17H20ClN3O3. The summed E-state index contributed by atoms with van der Waals surface area (Å²) in [5.41, 5.74) is 1.04. The number of rotatable bonds is 6. The molecule has 0 radical (unpaired) electrons. The van der Waals surface area contributed by atoms with E-state index in [0.717, 1.165) is 31.6 Å². The van der Waals surface area contributed by atoms with Crippen LogP contribution in [-0.2, 0) is 22.5 Å². The molecule has 1 aliphatic rings. The number of halogens is 1. The minimum Gasteiger partial charge on any atom is -0.381 e. The van der Waals surface area contributed by atoms with Crippen molar-refractivity contribution in [1.82, 2.24) is 15.5 Å². The molecule has 0 aliphatic carbocycles. The summed E-state index contributed by atoms with van der Waals surface area (Å²) in [6.07, 6.45) is 2.85. The van der Waals surface area contributed by atoms with Crippen molar-refractivity contribution in [2.24, 2.45) is 0 Å². The molecule has 2 aromatic rings. The Bertz CT molecular complexity index is 683. The zero-order valence-electron chi connectivity index (χ0n) is 13.3. The molecule has 1 fully saturated rings. The highest BCUT2D eigenvalue weighted by atomic mass is 35.5. The highest BCUT2D eigenvalue weighted by Crippen LogP contribution is 2.24. The second-order valence-electron chi connectivity index (χ2n) is 5.84. The zero-order valence-corrected chi connectivity index (χ0v) is 14.1. The van der Waals surface area contributed by atoms with Gasteiger partial charge in [0.25, 0.3) is 0 Å². The van der Waals surface area contributed by atoms with Crippen LogP contribution >= 0.6 is 11.6 Å². The molecule has 1 aromatic carbocycles. The maximum absolute atomic E-state index is 11.9. The van der Waals surface area contributed by atoms with Crippen molar-refractivity contribution in [3.05, 3.63) is 46.6 Å². The smallest absolute Gasteiger partial charge is 0.246 e. The van der Waals surface area contributed by atoms with Crippen LogP contribution in [0.15, 0.2) is 28.8 Å². The third-order valence-corrected chi connectivity index (χ3v) is 4.27. The summed E-state index contributed by atoms with van der Waals surface area (Å²) >= 11 is 5.93. The van der Waals surface area contributed by atoms with E-state index in [-0.39, 0.29) is 18.4 Å². The van der Waals surface area contributed by atoms with E-state index in [1.165, 1.54) is 0 Å². The van der Waals surface area contributed by atoms with E-state index in [0.29, 0.717) is 29.6 Å². The first-order valence-corrected chi connectivity index (χ1v) is 8.50. The molecule has 1 aromatic heterocycles. The number of hydrogen-bond acceptors (Lipinski definition) is 5. The van der Waals surface area contributed by atoms with Gasteiger partial charge in [-0.15, -0.1) is 0 Å². The number of nitrogens with one attached hydrogen (secondary N) is 1. The zero-order chi connectivity index (χ0) is 16.8. The normalized spacial score (nSPS) is 15.4. The van der Waals surface area contributed by atoms with Crippen LogP contribution < -0.4 is 5.32 Å². The van der Waals surface area contributed by atoms with Gasteiger partial charge in [0.15, 0.2) is 5.82 Å². The van der Waals surface area contributed by atoms with Crippen molar-refractivity contribution >= 4 is 17.5 Å². The first-order valence-electron chi connectivity index (χ1n) is 8.12. The molecule has 0 saturated carbocycles. The van der Waals surface area contributed by atoms with Crippen molar-refractivity contribution in [3.8, 4) is 0 Å². The molecule has 0 bridgehead atoms. The molecule has 2 heterocycles. The fraction of sp³-hybridized carbons (Fsp3) is 0.471. The van der Waals surface area contributed by atoms with Gasteiger partial charge in [-0.3, -0.25) is 4.79 Å². The second kappa shape index (κ2) is 8.26. The summed E-state index contributed by atoms with van der Waals surface area (Å²) in [7, 11) is 0. The molecule has 1 saturated heterocycles. The van der Waals surface area contributed by atoms with E-state index in [9.17, 15) is 4.79 Å². The molecule has 0 atom stereocenters. The van der Waals surface area contributed by atoms with Gasteiger partial charge in [-0.05, 0) is 37.0 Å². The first-order chi connectivity index (χ1) is 11.7. The highest BCUT2D eigenvalue weighted by molar-refractivity contribution is 6.30. The maximum Gasteiger partial charge on any atom is 0.246 e. The number of aromatic nitrogens is 2. The average molecular weight is 350 g/mol. The van der Waals surface area contributed by atoms with Crippen LogP contribution in [0.1, 0.15) is 42.5 Å². The fourth-order valence-corrected chi connectivity index (χ4v) is 2.89. The third kappa shape index (κ3) is 4.79. The van der Waals surface area contributed by atoms with Gasteiger partial charge in [0.05, 0.1) is 6.54 Å². The van der Waals surface area contributed by atoms with E-state index in [4.69, 9.17) is 20.9 Å². The predicted molar refractivity (Wildman–Crippen MR) is 88.7 cm³/mol. The number of amides is 1. The van der Waals surface area contributed by atoms with Gasteiger partial charge in [0.1, 0.15) is 0 Å². The van der Waals surface area contributed by atoms with Gasteiger partial charge < -0.3 is 14.6 Å². The molecule has 6 nitrogen and oxygen atoms in total. The number of benzene rings is 1. The SMILES string of the molecule is O=C(CCc1cccc(Cl)c1)NCc1nc(C2CCOCC2)no1. The Kier molecular flexibility index (Phi) is 5.82. The van der Waals surface area contributed by atoms with E-state index >= 15 is 0 Å². The lowest BCUT2D eigenvalue weighted by atomic mass is 10.00. The number of ether oxygens (including phenoxy) is 1. The Hall–Kier alpha value is -1.92. The lowest BCUT2D eigenvalue weighted by molar-refractivity contribution is -0.121. The number of aryl methyl sites for hydroxylation is 1. The second-order valence-corrected chi connectivity index (χ2v) is 6.28. The minimum atomic E-state index is -0.0548. The Labute approximate surface area is 145 Å². The monoisotopic (exact) mass is 349 g/mol. The number of nitrogens with zero attached hydrogens (tertiary/aromatic N) is 2. The van der Waals surface area contributed by atoms with E-state index < -0.39 is 0 Å². The first kappa shape index (κ1) is 16.9. The quantitative estimate of drug-likeness (QED) is 0.867. The molecule has 3 rings (SSSR count). The Morgan fingerprint density at radius 1 is 1.33 bits per heavy atom. The molecule has 1 N–H and O–H groups in total. The molecule has 128 valence electrons. The number of hydrogen-bond donors (Lipinski definition) is 1. The Morgan fingerprint density at radius 3 is 2.96 bits per heavy atom. The lowest BCUT2D eigenvalue weighted by Crippen LogP contribution is -2.23. The summed E-state index contributed by atoms with van der Waals surface area (Å²) in [5, 5.41) is 7.50. The van der Waals surface area contributed by atoms with Crippen molar-refractivity contribution in [1.29, 1.82) is 0 Å². The van der Waals surface area contributed by atoms with Crippen molar-refractivity contribution in [3.63, 3.8) is 0 Å². The van der Waals surface area contributed by atoms with Crippen LogP contribution in [0, 0.1) is 0 Å². The fourth-order valence-electron chi connectivity index (χ4n) is 2.67. The van der Waals surface area contributed by atoms with Crippen LogP contribution in [0.3, 0.4) is 0 Å². The molecule has 0 unspecified atom stereocenters. The largest absolute Gasteiger partial charge is 0.381 e. The summed E-state index contributed by atoms with van der Waals surface area (Å²) in [6.45, 7) is 1.72. The minimum absolute atomic E-state index is 0.0548. The molecule has 1 amide bonds. The van der Waals surface area contributed by atoms with Gasteiger partial charge in [-0.1, -0.05) is 28.9 Å². The van der Waals surface area contributed by atoms with Crippen molar-refractivity contribution in [2.75, 3.05) is 13.2 Å². The van der Waals surface area contributed by atoms with Crippen LogP contribution in [0.5, 0.6) is 0 Å². The van der Waals surface area contributed by atoms with Crippen molar-refractivity contribution < 1.29 is 14.1 Å². The third-order valence-electron chi connectivity index (χ3n) is 4.04.